The molecule has 7 heteroatoms. The predicted molar refractivity (Wildman–Crippen MR) is 81.6 cm³/mol. The van der Waals surface area contributed by atoms with Crippen molar-refractivity contribution in [3.8, 4) is 5.75 Å². The highest BCUT2D eigenvalue weighted by atomic mass is 79.9. The third-order valence-corrected chi connectivity index (χ3v) is 3.97. The molecular weight excluding hydrogens is 362 g/mol. The van der Waals surface area contributed by atoms with Crippen LogP contribution in [0.15, 0.2) is 22.7 Å². The summed E-state index contributed by atoms with van der Waals surface area (Å²) < 4.78 is 6.17. The quantitative estimate of drug-likeness (QED) is 0.767. The first kappa shape index (κ1) is 16.1. The van der Waals surface area contributed by atoms with Crippen LogP contribution in [0.2, 0.25) is 5.02 Å². The maximum absolute atomic E-state index is 11.8. The standard InChI is InChI=1S/C14H15BrClNO4/c15-9-3-4-12(10(16)5-9)21-7-13(18)17-11(6-14(19)20)8-1-2-8/h3-5,8,11H,1-2,6-7H2,(H,17,18)(H,19,20). The molecule has 1 fully saturated rings. The monoisotopic (exact) mass is 375 g/mol. The maximum atomic E-state index is 11.8. The Morgan fingerprint density at radius 1 is 1.48 bits per heavy atom. The molecular formula is C14H15BrClNO4. The topological polar surface area (TPSA) is 75.6 Å². The Kier molecular flexibility index (Phi) is 5.47. The first-order chi connectivity index (χ1) is 9.95. The number of ether oxygens (including phenoxy) is 1. The molecule has 1 aromatic rings. The van der Waals surface area contributed by atoms with Crippen molar-refractivity contribution in [1.29, 1.82) is 0 Å². The van der Waals surface area contributed by atoms with Crippen LogP contribution in [0.4, 0.5) is 0 Å². The molecule has 5 nitrogen and oxygen atoms in total. The van der Waals surface area contributed by atoms with Crippen molar-refractivity contribution in [3.63, 3.8) is 0 Å². The highest BCUT2D eigenvalue weighted by molar-refractivity contribution is 9.10. The number of halogens is 2. The van der Waals surface area contributed by atoms with Crippen LogP contribution >= 0.6 is 27.5 Å². The van der Waals surface area contributed by atoms with E-state index in [1.165, 1.54) is 0 Å². The van der Waals surface area contributed by atoms with Crippen molar-refractivity contribution in [2.75, 3.05) is 6.61 Å². The van der Waals surface area contributed by atoms with Gasteiger partial charge in [-0.2, -0.15) is 0 Å². The van der Waals surface area contributed by atoms with Gasteiger partial charge >= 0.3 is 5.97 Å². The number of rotatable bonds is 7. The van der Waals surface area contributed by atoms with Gasteiger partial charge in [0, 0.05) is 10.5 Å². The summed E-state index contributed by atoms with van der Waals surface area (Å²) in [4.78, 5) is 22.6. The van der Waals surface area contributed by atoms with Crippen LogP contribution in [0.1, 0.15) is 19.3 Å². The summed E-state index contributed by atoms with van der Waals surface area (Å²) in [6, 6.07) is 4.77. The number of carbonyl (C=O) groups excluding carboxylic acids is 1. The van der Waals surface area contributed by atoms with Crippen molar-refractivity contribution in [2.45, 2.75) is 25.3 Å². The SMILES string of the molecule is O=C(O)CC(NC(=O)COc1ccc(Br)cc1Cl)C1CC1. The zero-order valence-corrected chi connectivity index (χ0v) is 13.5. The minimum absolute atomic E-state index is 0.0601. The largest absolute Gasteiger partial charge is 0.482 e. The van der Waals surface area contributed by atoms with E-state index in [-0.39, 0.29) is 30.9 Å². The van der Waals surface area contributed by atoms with E-state index >= 15 is 0 Å². The zero-order chi connectivity index (χ0) is 15.4. The molecule has 1 amide bonds. The van der Waals surface area contributed by atoms with Crippen LogP contribution in [0.5, 0.6) is 5.75 Å². The van der Waals surface area contributed by atoms with Gasteiger partial charge in [0.15, 0.2) is 6.61 Å². The Morgan fingerprint density at radius 2 is 2.19 bits per heavy atom. The summed E-state index contributed by atoms with van der Waals surface area (Å²) in [6.45, 7) is -0.190. The Labute approximate surface area is 135 Å². The molecule has 21 heavy (non-hydrogen) atoms. The summed E-state index contributed by atoms with van der Waals surface area (Å²) >= 11 is 9.26. The van der Waals surface area contributed by atoms with E-state index in [2.05, 4.69) is 21.2 Å². The van der Waals surface area contributed by atoms with Crippen molar-refractivity contribution >= 4 is 39.4 Å². The van der Waals surface area contributed by atoms with E-state index in [1.807, 2.05) is 0 Å². The van der Waals surface area contributed by atoms with Crippen LogP contribution in [0.3, 0.4) is 0 Å². The van der Waals surface area contributed by atoms with Crippen LogP contribution in [-0.4, -0.2) is 29.6 Å². The number of carboxylic acid groups (broad SMARTS) is 1. The molecule has 0 aliphatic heterocycles. The number of benzene rings is 1. The fraction of sp³-hybridized carbons (Fsp3) is 0.429. The van der Waals surface area contributed by atoms with Crippen molar-refractivity contribution in [1.82, 2.24) is 5.32 Å². The predicted octanol–water partition coefficient (Wildman–Crippen LogP) is 2.85. The summed E-state index contributed by atoms with van der Waals surface area (Å²) in [7, 11) is 0. The molecule has 0 aromatic heterocycles. The second-order valence-corrected chi connectivity index (χ2v) is 6.30. The third-order valence-electron chi connectivity index (χ3n) is 3.18. The van der Waals surface area contributed by atoms with Crippen molar-refractivity contribution < 1.29 is 19.4 Å². The zero-order valence-electron chi connectivity index (χ0n) is 11.1. The van der Waals surface area contributed by atoms with E-state index in [1.54, 1.807) is 18.2 Å². The van der Waals surface area contributed by atoms with Gasteiger partial charge in [0.25, 0.3) is 5.91 Å². The van der Waals surface area contributed by atoms with Crippen LogP contribution < -0.4 is 10.1 Å². The Morgan fingerprint density at radius 3 is 2.76 bits per heavy atom. The van der Waals surface area contributed by atoms with Gasteiger partial charge in [-0.3, -0.25) is 9.59 Å². The lowest BCUT2D eigenvalue weighted by Gasteiger charge is -2.16. The fourth-order valence-corrected chi connectivity index (χ4v) is 2.73. The Hall–Kier alpha value is -1.27. The van der Waals surface area contributed by atoms with Gasteiger partial charge < -0.3 is 15.2 Å². The second kappa shape index (κ2) is 7.13. The lowest BCUT2D eigenvalue weighted by Crippen LogP contribution is -2.40. The number of nitrogens with one attached hydrogen (secondary N) is 1. The first-order valence-electron chi connectivity index (χ1n) is 6.54. The van der Waals surface area contributed by atoms with Crippen molar-refractivity contribution in [2.24, 2.45) is 5.92 Å². The second-order valence-electron chi connectivity index (χ2n) is 4.97. The van der Waals surface area contributed by atoms with E-state index in [0.717, 1.165) is 17.3 Å². The van der Waals surface area contributed by atoms with E-state index in [4.69, 9.17) is 21.4 Å². The molecule has 1 atom stereocenters. The molecule has 1 aromatic carbocycles. The minimum Gasteiger partial charge on any atom is -0.482 e. The molecule has 1 unspecified atom stereocenters. The number of hydrogen-bond donors (Lipinski definition) is 2. The molecule has 2 rings (SSSR count). The molecule has 0 bridgehead atoms. The normalized spacial score (nSPS) is 15.3. The van der Waals surface area contributed by atoms with Gasteiger partial charge in [-0.15, -0.1) is 0 Å². The number of aliphatic carboxylic acids is 1. The van der Waals surface area contributed by atoms with Gasteiger partial charge in [-0.1, -0.05) is 27.5 Å². The molecule has 1 aliphatic carbocycles. The first-order valence-corrected chi connectivity index (χ1v) is 7.72. The lowest BCUT2D eigenvalue weighted by atomic mass is 10.1. The van der Waals surface area contributed by atoms with E-state index < -0.39 is 5.97 Å². The molecule has 0 saturated heterocycles. The number of amides is 1. The van der Waals surface area contributed by atoms with Gasteiger partial charge in [0.1, 0.15) is 5.75 Å². The van der Waals surface area contributed by atoms with Crippen molar-refractivity contribution in [3.05, 3.63) is 27.7 Å². The average Bonchev–Trinajstić information content (AvgIpc) is 3.20. The molecule has 1 saturated carbocycles. The van der Waals surface area contributed by atoms with Gasteiger partial charge in [0.2, 0.25) is 0 Å². The van der Waals surface area contributed by atoms with E-state index in [9.17, 15) is 9.59 Å². The lowest BCUT2D eigenvalue weighted by molar-refractivity contribution is -0.138. The number of hydrogen-bond acceptors (Lipinski definition) is 3. The van der Waals surface area contributed by atoms with Crippen LogP contribution in [-0.2, 0) is 9.59 Å². The van der Waals surface area contributed by atoms with Crippen LogP contribution in [0, 0.1) is 5.92 Å². The number of carboxylic acids is 1. The molecule has 114 valence electrons. The molecule has 0 spiro atoms. The fourth-order valence-electron chi connectivity index (χ4n) is 2.01. The molecule has 2 N–H and O–H groups in total. The van der Waals surface area contributed by atoms with Crippen LogP contribution in [0.25, 0.3) is 0 Å². The molecule has 1 aliphatic rings. The third kappa shape index (κ3) is 5.21. The summed E-state index contributed by atoms with van der Waals surface area (Å²) in [5.74, 6) is -0.575. The molecule has 0 heterocycles. The Balaban J connectivity index is 1.84. The average molecular weight is 377 g/mol. The van der Waals surface area contributed by atoms with Gasteiger partial charge in [0.05, 0.1) is 11.4 Å². The van der Waals surface area contributed by atoms with Gasteiger partial charge in [-0.05, 0) is 37.0 Å². The highest BCUT2D eigenvalue weighted by Gasteiger charge is 2.33. The highest BCUT2D eigenvalue weighted by Crippen LogP contribution is 2.34. The number of carbonyl (C=O) groups is 2. The summed E-state index contributed by atoms with van der Waals surface area (Å²) in [6.07, 6.45) is 1.85. The Bertz CT molecular complexity index is 548. The van der Waals surface area contributed by atoms with E-state index in [0.29, 0.717) is 10.8 Å². The summed E-state index contributed by atoms with van der Waals surface area (Å²) in [5.41, 5.74) is 0. The van der Waals surface area contributed by atoms with Gasteiger partial charge in [-0.25, -0.2) is 0 Å². The minimum atomic E-state index is -0.913. The molecule has 0 radical (unpaired) electrons. The smallest absolute Gasteiger partial charge is 0.305 e. The maximum Gasteiger partial charge on any atom is 0.305 e. The summed E-state index contributed by atoms with van der Waals surface area (Å²) in [5, 5.41) is 12.0.